The molecule has 2 saturated carbocycles. The average molecular weight is 312 g/mol. The highest BCUT2D eigenvalue weighted by molar-refractivity contribution is 7.99. The van der Waals surface area contributed by atoms with Crippen LogP contribution in [0.25, 0.3) is 0 Å². The molecule has 0 radical (unpaired) electrons. The first-order valence-corrected chi connectivity index (χ1v) is 9.15. The van der Waals surface area contributed by atoms with Crippen molar-refractivity contribution in [2.75, 3.05) is 11.1 Å². The lowest BCUT2D eigenvalue weighted by molar-refractivity contribution is 0.249. The molecule has 0 aliphatic heterocycles. The first-order chi connectivity index (χ1) is 9.76. The van der Waals surface area contributed by atoms with Crippen LogP contribution in [0, 0.1) is 0 Å². The van der Waals surface area contributed by atoms with Crippen LogP contribution in [-0.4, -0.2) is 33.3 Å². The number of carbonyl (C=O) groups is 1. The zero-order valence-electron chi connectivity index (χ0n) is 11.6. The predicted molar refractivity (Wildman–Crippen MR) is 83.6 cm³/mol. The minimum absolute atomic E-state index is 0.142. The van der Waals surface area contributed by atoms with Gasteiger partial charge in [0.15, 0.2) is 0 Å². The van der Waals surface area contributed by atoms with Gasteiger partial charge in [-0.3, -0.25) is 5.32 Å². The molecule has 0 aromatic carbocycles. The second-order valence-electron chi connectivity index (χ2n) is 5.35. The Morgan fingerprint density at radius 1 is 1.35 bits per heavy atom. The van der Waals surface area contributed by atoms with E-state index in [0.717, 1.165) is 17.2 Å². The minimum Gasteiger partial charge on any atom is -0.334 e. The lowest BCUT2D eigenvalue weighted by atomic mass is 10.2. The van der Waals surface area contributed by atoms with Crippen molar-refractivity contribution >= 4 is 34.3 Å². The van der Waals surface area contributed by atoms with Crippen LogP contribution in [0.2, 0.25) is 0 Å². The summed E-state index contributed by atoms with van der Waals surface area (Å²) in [5.41, 5.74) is 0. The molecular weight excluding hydrogens is 292 g/mol. The van der Waals surface area contributed by atoms with Crippen LogP contribution in [0.15, 0.2) is 0 Å². The number of carbonyl (C=O) groups excluding carboxylic acids is 1. The van der Waals surface area contributed by atoms with Gasteiger partial charge in [0.05, 0.1) is 0 Å². The largest absolute Gasteiger partial charge is 0.334 e. The summed E-state index contributed by atoms with van der Waals surface area (Å²) in [6.07, 6.45) is 5.90. The van der Waals surface area contributed by atoms with E-state index in [4.69, 9.17) is 0 Å². The molecule has 1 aromatic heterocycles. The van der Waals surface area contributed by atoms with Crippen LogP contribution in [0.5, 0.6) is 0 Å². The van der Waals surface area contributed by atoms with Gasteiger partial charge in [-0.1, -0.05) is 24.7 Å². The molecule has 0 spiro atoms. The van der Waals surface area contributed by atoms with Crippen molar-refractivity contribution in [1.82, 2.24) is 15.5 Å². The Kier molecular flexibility index (Phi) is 4.45. The molecule has 110 valence electrons. The third-order valence-corrected chi connectivity index (χ3v) is 6.06. The van der Waals surface area contributed by atoms with Crippen LogP contribution in [0.1, 0.15) is 50.0 Å². The quantitative estimate of drug-likeness (QED) is 0.876. The summed E-state index contributed by atoms with van der Waals surface area (Å²) in [6, 6.07) is 0.146. The van der Waals surface area contributed by atoms with Crippen LogP contribution >= 0.6 is 23.1 Å². The van der Waals surface area contributed by atoms with Crippen LogP contribution in [-0.2, 0) is 0 Å². The van der Waals surface area contributed by atoms with E-state index in [9.17, 15) is 4.79 Å². The van der Waals surface area contributed by atoms with Gasteiger partial charge in [0.2, 0.25) is 5.13 Å². The van der Waals surface area contributed by atoms with Crippen molar-refractivity contribution in [2.45, 2.75) is 56.2 Å². The van der Waals surface area contributed by atoms with Crippen LogP contribution < -0.4 is 10.6 Å². The highest BCUT2D eigenvalue weighted by atomic mass is 32.2. The number of nitrogens with one attached hydrogen (secondary N) is 2. The molecule has 2 N–H and O–H groups in total. The standard InChI is InChI=1S/C13H20N4OS2/c1-2-19-10-5-3-4-9(10)14-12(18)15-13-17-16-11(20-13)8-6-7-8/h8-10H,2-7H2,1H3,(H2,14,15,17,18). The monoisotopic (exact) mass is 312 g/mol. The van der Waals surface area contributed by atoms with E-state index >= 15 is 0 Å². The van der Waals surface area contributed by atoms with E-state index in [0.29, 0.717) is 16.3 Å². The van der Waals surface area contributed by atoms with Gasteiger partial charge in [0.25, 0.3) is 0 Å². The summed E-state index contributed by atoms with van der Waals surface area (Å²) in [7, 11) is 0. The molecule has 20 heavy (non-hydrogen) atoms. The summed E-state index contributed by atoms with van der Waals surface area (Å²) in [5.74, 6) is 1.69. The van der Waals surface area contributed by atoms with Gasteiger partial charge in [0, 0.05) is 17.2 Å². The fourth-order valence-corrected chi connectivity index (χ4v) is 4.69. The molecule has 2 unspecified atom stereocenters. The zero-order valence-corrected chi connectivity index (χ0v) is 13.2. The minimum atomic E-state index is -0.142. The fraction of sp³-hybridized carbons (Fsp3) is 0.769. The molecule has 2 aliphatic rings. The Bertz CT molecular complexity index is 475. The van der Waals surface area contributed by atoms with E-state index in [1.807, 2.05) is 11.8 Å². The van der Waals surface area contributed by atoms with E-state index in [2.05, 4.69) is 27.8 Å². The Hall–Kier alpha value is -0.820. The topological polar surface area (TPSA) is 66.9 Å². The Balaban J connectivity index is 1.50. The Labute approximate surface area is 127 Å². The summed E-state index contributed by atoms with van der Waals surface area (Å²) in [6.45, 7) is 2.17. The lowest BCUT2D eigenvalue weighted by Gasteiger charge is -2.19. The molecule has 7 heteroatoms. The predicted octanol–water partition coefficient (Wildman–Crippen LogP) is 3.21. The molecule has 5 nitrogen and oxygen atoms in total. The summed E-state index contributed by atoms with van der Waals surface area (Å²) < 4.78 is 0. The molecule has 2 amide bonds. The molecule has 0 bridgehead atoms. The number of hydrogen-bond acceptors (Lipinski definition) is 5. The molecule has 1 heterocycles. The average Bonchev–Trinajstić information content (AvgIpc) is 3.03. The highest BCUT2D eigenvalue weighted by Gasteiger charge is 2.30. The maximum atomic E-state index is 12.0. The highest BCUT2D eigenvalue weighted by Crippen LogP contribution is 2.42. The van der Waals surface area contributed by atoms with E-state index in [1.165, 1.54) is 37.0 Å². The zero-order chi connectivity index (χ0) is 13.9. The first-order valence-electron chi connectivity index (χ1n) is 7.28. The number of anilines is 1. The molecule has 2 fully saturated rings. The van der Waals surface area contributed by atoms with Gasteiger partial charge in [0.1, 0.15) is 5.01 Å². The van der Waals surface area contributed by atoms with Crippen molar-refractivity contribution in [3.05, 3.63) is 5.01 Å². The van der Waals surface area contributed by atoms with E-state index in [1.54, 1.807) is 0 Å². The number of aromatic nitrogens is 2. The van der Waals surface area contributed by atoms with Gasteiger partial charge in [-0.2, -0.15) is 11.8 Å². The van der Waals surface area contributed by atoms with Crippen molar-refractivity contribution < 1.29 is 4.79 Å². The fourth-order valence-electron chi connectivity index (χ4n) is 2.59. The van der Waals surface area contributed by atoms with Gasteiger partial charge >= 0.3 is 6.03 Å². The summed E-state index contributed by atoms with van der Waals surface area (Å²) in [5, 5.41) is 16.3. The smallest absolute Gasteiger partial charge is 0.321 e. The third kappa shape index (κ3) is 3.44. The number of urea groups is 1. The second kappa shape index (κ2) is 6.30. The summed E-state index contributed by atoms with van der Waals surface area (Å²) in [4.78, 5) is 12.0. The first kappa shape index (κ1) is 14.1. The maximum Gasteiger partial charge on any atom is 0.321 e. The summed E-state index contributed by atoms with van der Waals surface area (Å²) >= 11 is 3.45. The molecule has 1 aromatic rings. The normalized spacial score (nSPS) is 25.6. The lowest BCUT2D eigenvalue weighted by Crippen LogP contribution is -2.41. The van der Waals surface area contributed by atoms with E-state index in [-0.39, 0.29) is 12.1 Å². The Morgan fingerprint density at radius 3 is 2.95 bits per heavy atom. The number of amides is 2. The number of rotatable bonds is 5. The van der Waals surface area contributed by atoms with Crippen molar-refractivity contribution in [2.24, 2.45) is 0 Å². The molecule has 2 aliphatic carbocycles. The second-order valence-corrected chi connectivity index (χ2v) is 7.87. The maximum absolute atomic E-state index is 12.0. The molecule has 3 rings (SSSR count). The third-order valence-electron chi connectivity index (χ3n) is 3.74. The SMILES string of the molecule is CCSC1CCCC1NC(=O)Nc1nnc(C2CC2)s1. The van der Waals surface area contributed by atoms with Gasteiger partial charge in [-0.25, -0.2) is 4.79 Å². The van der Waals surface area contributed by atoms with Gasteiger partial charge < -0.3 is 5.32 Å². The molecular formula is C13H20N4OS2. The van der Waals surface area contributed by atoms with Crippen molar-refractivity contribution in [3.63, 3.8) is 0 Å². The van der Waals surface area contributed by atoms with Crippen LogP contribution in [0.3, 0.4) is 0 Å². The molecule has 0 saturated heterocycles. The van der Waals surface area contributed by atoms with Gasteiger partial charge in [-0.05, 0) is 31.4 Å². The number of nitrogens with zero attached hydrogens (tertiary/aromatic N) is 2. The van der Waals surface area contributed by atoms with Crippen molar-refractivity contribution in [1.29, 1.82) is 0 Å². The van der Waals surface area contributed by atoms with Crippen molar-refractivity contribution in [3.8, 4) is 0 Å². The van der Waals surface area contributed by atoms with Crippen LogP contribution in [0.4, 0.5) is 9.93 Å². The van der Waals surface area contributed by atoms with Gasteiger partial charge in [-0.15, -0.1) is 10.2 Å². The Morgan fingerprint density at radius 2 is 2.20 bits per heavy atom. The number of thioether (sulfide) groups is 1. The number of hydrogen-bond donors (Lipinski definition) is 2. The van der Waals surface area contributed by atoms with E-state index < -0.39 is 0 Å². The molecule has 2 atom stereocenters.